The van der Waals surface area contributed by atoms with Crippen molar-refractivity contribution in [3.63, 3.8) is 0 Å². The van der Waals surface area contributed by atoms with Crippen LogP contribution in [-0.4, -0.2) is 6.10 Å². The molecule has 2 aliphatic rings. The molecule has 2 atom stereocenters. The van der Waals surface area contributed by atoms with Crippen LogP contribution in [0.25, 0.3) is 0 Å². The van der Waals surface area contributed by atoms with Gasteiger partial charge in [0.2, 0.25) is 0 Å². The smallest absolute Gasteiger partial charge is 0.120 e. The largest absolute Gasteiger partial charge is 0.361 e. The second-order valence-electron chi connectivity index (χ2n) is 3.75. The molecular weight excluding hydrogens is 148 g/mol. The van der Waals surface area contributed by atoms with E-state index in [-0.39, 0.29) is 5.60 Å². The zero-order valence-corrected chi connectivity index (χ0v) is 6.99. The van der Waals surface area contributed by atoms with E-state index >= 15 is 0 Å². The average Bonchev–Trinajstić information content (AvgIpc) is 2.72. The molecule has 3 rings (SSSR count). The molecular formula is C11H12O. The summed E-state index contributed by atoms with van der Waals surface area (Å²) >= 11 is 0. The first-order valence-corrected chi connectivity index (χ1v) is 4.65. The third kappa shape index (κ3) is 0.721. The molecule has 0 aromatic heterocycles. The summed E-state index contributed by atoms with van der Waals surface area (Å²) in [7, 11) is 0. The van der Waals surface area contributed by atoms with Crippen LogP contribution in [0.4, 0.5) is 0 Å². The number of ether oxygens (including phenoxy) is 1. The average molecular weight is 160 g/mol. The van der Waals surface area contributed by atoms with Crippen molar-refractivity contribution in [3.05, 3.63) is 35.9 Å². The predicted octanol–water partition coefficient (Wildman–Crippen LogP) is 2.46. The van der Waals surface area contributed by atoms with E-state index in [1.807, 2.05) is 0 Å². The van der Waals surface area contributed by atoms with Crippen LogP contribution in [0.15, 0.2) is 30.3 Å². The van der Waals surface area contributed by atoms with E-state index in [0.29, 0.717) is 6.10 Å². The lowest BCUT2D eigenvalue weighted by Crippen LogP contribution is -2.06. The van der Waals surface area contributed by atoms with Gasteiger partial charge in [0.05, 0.1) is 6.10 Å². The third-order valence-corrected chi connectivity index (χ3v) is 3.09. The van der Waals surface area contributed by atoms with Crippen molar-refractivity contribution in [1.29, 1.82) is 0 Å². The Kier molecular flexibility index (Phi) is 1.17. The Morgan fingerprint density at radius 1 is 1.25 bits per heavy atom. The van der Waals surface area contributed by atoms with E-state index in [0.717, 1.165) is 0 Å². The van der Waals surface area contributed by atoms with Crippen molar-refractivity contribution in [3.8, 4) is 0 Å². The molecule has 1 nitrogen and oxygen atoms in total. The molecule has 0 spiro atoms. The van der Waals surface area contributed by atoms with E-state index in [9.17, 15) is 0 Å². The van der Waals surface area contributed by atoms with E-state index in [1.165, 1.54) is 24.8 Å². The lowest BCUT2D eigenvalue weighted by Gasteiger charge is -2.07. The van der Waals surface area contributed by atoms with Crippen molar-refractivity contribution in [2.75, 3.05) is 0 Å². The number of epoxide rings is 1. The Morgan fingerprint density at radius 2 is 2.08 bits per heavy atom. The second-order valence-corrected chi connectivity index (χ2v) is 3.75. The number of rotatable bonds is 1. The zero-order valence-electron chi connectivity index (χ0n) is 6.99. The van der Waals surface area contributed by atoms with Crippen LogP contribution < -0.4 is 0 Å². The fourth-order valence-electron chi connectivity index (χ4n) is 2.40. The van der Waals surface area contributed by atoms with Gasteiger partial charge >= 0.3 is 0 Å². The Balaban J connectivity index is 2.00. The molecule has 1 heteroatoms. The van der Waals surface area contributed by atoms with Gasteiger partial charge in [-0.15, -0.1) is 0 Å². The first kappa shape index (κ1) is 6.67. The van der Waals surface area contributed by atoms with Crippen molar-refractivity contribution >= 4 is 0 Å². The minimum Gasteiger partial charge on any atom is -0.361 e. The summed E-state index contributed by atoms with van der Waals surface area (Å²) in [6.45, 7) is 0. The zero-order chi connectivity index (χ0) is 8.02. The van der Waals surface area contributed by atoms with E-state index in [4.69, 9.17) is 4.74 Å². The number of hydrogen-bond acceptors (Lipinski definition) is 1. The molecule has 1 aliphatic carbocycles. The summed E-state index contributed by atoms with van der Waals surface area (Å²) in [5, 5.41) is 0. The molecule has 0 amide bonds. The Morgan fingerprint density at radius 3 is 2.67 bits per heavy atom. The summed E-state index contributed by atoms with van der Waals surface area (Å²) < 4.78 is 5.73. The van der Waals surface area contributed by atoms with E-state index in [1.54, 1.807) is 0 Å². The van der Waals surface area contributed by atoms with Gasteiger partial charge in [0.25, 0.3) is 0 Å². The van der Waals surface area contributed by atoms with Crippen molar-refractivity contribution in [2.24, 2.45) is 0 Å². The van der Waals surface area contributed by atoms with Crippen molar-refractivity contribution in [2.45, 2.75) is 31.0 Å². The van der Waals surface area contributed by atoms with Crippen LogP contribution in [0.2, 0.25) is 0 Å². The maximum absolute atomic E-state index is 5.73. The summed E-state index contributed by atoms with van der Waals surface area (Å²) in [5.74, 6) is 0. The summed E-state index contributed by atoms with van der Waals surface area (Å²) in [6.07, 6.45) is 4.36. The quantitative estimate of drug-likeness (QED) is 0.575. The highest BCUT2D eigenvalue weighted by molar-refractivity contribution is 5.30. The molecule has 2 fully saturated rings. The monoisotopic (exact) mass is 160 g/mol. The maximum atomic E-state index is 5.73. The van der Waals surface area contributed by atoms with Crippen LogP contribution in [0.5, 0.6) is 0 Å². The van der Waals surface area contributed by atoms with Gasteiger partial charge in [-0.3, -0.25) is 0 Å². The first-order chi connectivity index (χ1) is 5.92. The van der Waals surface area contributed by atoms with Gasteiger partial charge in [-0.1, -0.05) is 30.3 Å². The van der Waals surface area contributed by atoms with Crippen LogP contribution in [-0.2, 0) is 10.3 Å². The molecule has 1 aromatic carbocycles. The lowest BCUT2D eigenvalue weighted by atomic mass is 9.97. The summed E-state index contributed by atoms with van der Waals surface area (Å²) in [6, 6.07) is 10.6. The number of fused-ring (bicyclic) bond motifs is 1. The Bertz CT molecular complexity index is 293. The SMILES string of the molecule is c1ccc([C@]23CCC[C@@H]2O3)cc1. The maximum Gasteiger partial charge on any atom is 0.120 e. The van der Waals surface area contributed by atoms with E-state index in [2.05, 4.69) is 30.3 Å². The molecule has 1 saturated heterocycles. The minimum absolute atomic E-state index is 0.154. The summed E-state index contributed by atoms with van der Waals surface area (Å²) in [4.78, 5) is 0. The standard InChI is InChI=1S/C11H12O/c1-2-5-9(6-3-1)11-8-4-7-10(11)12-11/h1-3,5-6,10H,4,7-8H2/t10-,11+/m0/s1. The van der Waals surface area contributed by atoms with Crippen molar-refractivity contribution in [1.82, 2.24) is 0 Å². The van der Waals surface area contributed by atoms with Gasteiger partial charge in [-0.05, 0) is 24.8 Å². The van der Waals surface area contributed by atoms with Crippen LogP contribution in [0.3, 0.4) is 0 Å². The fraction of sp³-hybridized carbons (Fsp3) is 0.455. The molecule has 0 N–H and O–H groups in total. The fourth-order valence-corrected chi connectivity index (χ4v) is 2.40. The minimum atomic E-state index is 0.154. The predicted molar refractivity (Wildman–Crippen MR) is 46.8 cm³/mol. The molecule has 62 valence electrons. The van der Waals surface area contributed by atoms with E-state index < -0.39 is 0 Å². The Hall–Kier alpha value is -0.820. The van der Waals surface area contributed by atoms with Gasteiger partial charge in [-0.2, -0.15) is 0 Å². The molecule has 1 saturated carbocycles. The van der Waals surface area contributed by atoms with Gasteiger partial charge in [-0.25, -0.2) is 0 Å². The first-order valence-electron chi connectivity index (χ1n) is 4.65. The molecule has 1 aliphatic heterocycles. The van der Waals surface area contributed by atoms with Crippen LogP contribution in [0.1, 0.15) is 24.8 Å². The topological polar surface area (TPSA) is 12.5 Å². The van der Waals surface area contributed by atoms with Crippen LogP contribution in [0, 0.1) is 0 Å². The third-order valence-electron chi connectivity index (χ3n) is 3.09. The Labute approximate surface area is 72.4 Å². The van der Waals surface area contributed by atoms with Gasteiger partial charge in [0, 0.05) is 0 Å². The highest BCUT2D eigenvalue weighted by atomic mass is 16.6. The van der Waals surface area contributed by atoms with Crippen molar-refractivity contribution < 1.29 is 4.74 Å². The van der Waals surface area contributed by atoms with Gasteiger partial charge in [0.1, 0.15) is 5.60 Å². The summed E-state index contributed by atoms with van der Waals surface area (Å²) in [5.41, 5.74) is 1.54. The molecule has 0 bridgehead atoms. The van der Waals surface area contributed by atoms with Gasteiger partial charge in [0.15, 0.2) is 0 Å². The number of hydrogen-bond donors (Lipinski definition) is 0. The molecule has 0 radical (unpaired) electrons. The molecule has 0 unspecified atom stereocenters. The molecule has 1 heterocycles. The second kappa shape index (κ2) is 2.11. The molecule has 1 aromatic rings. The lowest BCUT2D eigenvalue weighted by molar-refractivity contribution is 0.253. The highest BCUT2D eigenvalue weighted by Crippen LogP contribution is 2.56. The van der Waals surface area contributed by atoms with Crippen LogP contribution >= 0.6 is 0 Å². The molecule has 12 heavy (non-hydrogen) atoms. The van der Waals surface area contributed by atoms with Gasteiger partial charge < -0.3 is 4.74 Å². The number of benzene rings is 1. The normalized spacial score (nSPS) is 37.8. The highest BCUT2D eigenvalue weighted by Gasteiger charge is 2.60.